The minimum absolute atomic E-state index is 0.0472. The summed E-state index contributed by atoms with van der Waals surface area (Å²) in [6, 6.07) is 20.4. The lowest BCUT2D eigenvalue weighted by Gasteiger charge is -2.10. The number of nitrogens with one attached hydrogen (secondary N) is 3. The Balaban J connectivity index is 1.55. The Bertz CT molecular complexity index is 1130. The lowest BCUT2D eigenvalue weighted by atomic mass is 10.2. The number of sulfonamides is 1. The smallest absolute Gasteiger partial charge is 0.410 e. The van der Waals surface area contributed by atoms with Crippen LogP contribution in [0.15, 0.2) is 83.8 Å². The summed E-state index contributed by atoms with van der Waals surface area (Å²) >= 11 is 0. The Morgan fingerprint density at radius 2 is 1.33 bits per heavy atom. The van der Waals surface area contributed by atoms with Crippen molar-refractivity contribution in [2.45, 2.75) is 11.8 Å². The molecule has 0 aromatic heterocycles. The van der Waals surface area contributed by atoms with Gasteiger partial charge in [0.1, 0.15) is 5.75 Å². The van der Waals surface area contributed by atoms with Crippen LogP contribution in [0.2, 0.25) is 0 Å². The third-order valence-corrected chi connectivity index (χ3v) is 5.23. The number of rotatable bonds is 5. The van der Waals surface area contributed by atoms with Gasteiger partial charge in [-0.3, -0.25) is 0 Å². The van der Waals surface area contributed by atoms with Crippen LogP contribution in [0, 0.1) is 6.92 Å². The first-order chi connectivity index (χ1) is 14.3. The molecule has 0 fully saturated rings. The number of hydrogen-bond donors (Lipinski definition) is 3. The number of aryl methyl sites for hydroxylation is 1. The van der Waals surface area contributed by atoms with Crippen molar-refractivity contribution in [3.05, 3.63) is 84.4 Å². The maximum Gasteiger partial charge on any atom is 0.426 e. The number of amides is 3. The van der Waals surface area contributed by atoms with E-state index < -0.39 is 22.1 Å². The van der Waals surface area contributed by atoms with Gasteiger partial charge in [0, 0.05) is 11.4 Å². The van der Waals surface area contributed by atoms with Crippen molar-refractivity contribution in [3.63, 3.8) is 0 Å². The van der Waals surface area contributed by atoms with Crippen LogP contribution in [0.5, 0.6) is 5.75 Å². The number of ether oxygens (including phenoxy) is 1. The Morgan fingerprint density at radius 3 is 1.93 bits per heavy atom. The van der Waals surface area contributed by atoms with Gasteiger partial charge in [-0.15, -0.1) is 0 Å². The zero-order chi connectivity index (χ0) is 21.6. The maximum absolute atomic E-state index is 12.2. The van der Waals surface area contributed by atoms with E-state index in [0.717, 1.165) is 5.56 Å². The summed E-state index contributed by atoms with van der Waals surface area (Å²) in [4.78, 5) is 23.9. The first-order valence-corrected chi connectivity index (χ1v) is 10.3. The van der Waals surface area contributed by atoms with Crippen molar-refractivity contribution in [1.82, 2.24) is 4.72 Å². The molecule has 3 N–H and O–H groups in total. The summed E-state index contributed by atoms with van der Waals surface area (Å²) in [6.07, 6.45) is -1.14. The third kappa shape index (κ3) is 5.82. The van der Waals surface area contributed by atoms with E-state index >= 15 is 0 Å². The third-order valence-electron chi connectivity index (χ3n) is 3.90. The number of anilines is 2. The fraction of sp³-hybridized carbons (Fsp3) is 0.0476. The molecule has 8 nitrogen and oxygen atoms in total. The first-order valence-electron chi connectivity index (χ1n) is 8.86. The van der Waals surface area contributed by atoms with Gasteiger partial charge in [-0.25, -0.2) is 22.7 Å². The molecule has 3 aromatic rings. The van der Waals surface area contributed by atoms with Gasteiger partial charge in [-0.2, -0.15) is 0 Å². The van der Waals surface area contributed by atoms with Crippen LogP contribution in [0.1, 0.15) is 5.56 Å². The number of benzene rings is 3. The highest BCUT2D eigenvalue weighted by Gasteiger charge is 2.18. The summed E-state index contributed by atoms with van der Waals surface area (Å²) in [5, 5.41) is 5.30. The fourth-order valence-corrected chi connectivity index (χ4v) is 3.31. The molecule has 0 aliphatic heterocycles. The van der Waals surface area contributed by atoms with E-state index in [0.29, 0.717) is 11.4 Å². The van der Waals surface area contributed by atoms with Gasteiger partial charge in [-0.1, -0.05) is 35.9 Å². The molecule has 3 amide bonds. The molecule has 0 saturated heterocycles. The molecule has 0 radical (unpaired) electrons. The number of carbonyl (C=O) groups is 2. The highest BCUT2D eigenvalue weighted by Crippen LogP contribution is 2.17. The summed E-state index contributed by atoms with van der Waals surface area (Å²) in [5.74, 6) is 0.112. The standard InChI is InChI=1S/C21H19N3O5S/c1-15-7-13-19(14-8-15)30(27,28)24-21(26)29-18-11-9-17(10-12-18)23-20(25)22-16-5-3-2-4-6-16/h2-14H,1H3,(H,24,26)(H2,22,23,25). The van der Waals surface area contributed by atoms with E-state index in [4.69, 9.17) is 4.74 Å². The van der Waals surface area contributed by atoms with E-state index in [-0.39, 0.29) is 10.6 Å². The lowest BCUT2D eigenvalue weighted by molar-refractivity contribution is 0.207. The lowest BCUT2D eigenvalue weighted by Crippen LogP contribution is -2.33. The van der Waals surface area contributed by atoms with Crippen molar-refractivity contribution < 1.29 is 22.7 Å². The topological polar surface area (TPSA) is 114 Å². The summed E-state index contributed by atoms with van der Waals surface area (Å²) in [6.45, 7) is 1.82. The average molecular weight is 425 g/mol. The van der Waals surface area contributed by atoms with Gasteiger partial charge < -0.3 is 15.4 Å². The van der Waals surface area contributed by atoms with Crippen LogP contribution in [0.3, 0.4) is 0 Å². The molecule has 0 atom stereocenters. The highest BCUT2D eigenvalue weighted by atomic mass is 32.2. The second-order valence-electron chi connectivity index (χ2n) is 6.28. The van der Waals surface area contributed by atoms with Crippen molar-refractivity contribution in [1.29, 1.82) is 0 Å². The monoisotopic (exact) mass is 425 g/mol. The normalized spacial score (nSPS) is 10.7. The number of carbonyl (C=O) groups excluding carboxylic acids is 2. The molecule has 0 bridgehead atoms. The Morgan fingerprint density at radius 1 is 0.767 bits per heavy atom. The molecule has 30 heavy (non-hydrogen) atoms. The number of para-hydroxylation sites is 1. The van der Waals surface area contributed by atoms with E-state index in [9.17, 15) is 18.0 Å². The largest absolute Gasteiger partial charge is 0.426 e. The van der Waals surface area contributed by atoms with Crippen molar-refractivity contribution in [3.8, 4) is 5.75 Å². The molecule has 3 rings (SSSR count). The van der Waals surface area contributed by atoms with Gasteiger partial charge >= 0.3 is 12.1 Å². The van der Waals surface area contributed by atoms with E-state index in [1.165, 1.54) is 36.4 Å². The molecule has 0 aliphatic rings. The summed E-state index contributed by atoms with van der Waals surface area (Å²) in [7, 11) is -4.04. The summed E-state index contributed by atoms with van der Waals surface area (Å²) in [5.41, 5.74) is 1.99. The van der Waals surface area contributed by atoms with Crippen LogP contribution in [-0.2, 0) is 10.0 Å². The minimum atomic E-state index is -4.04. The quantitative estimate of drug-likeness (QED) is 0.569. The van der Waals surface area contributed by atoms with Gasteiger partial charge in [0.2, 0.25) is 0 Å². The molecular formula is C21H19N3O5S. The Labute approximate surface area is 173 Å². The van der Waals surface area contributed by atoms with Gasteiger partial charge in [-0.05, 0) is 55.5 Å². The maximum atomic E-state index is 12.2. The van der Waals surface area contributed by atoms with Crippen LogP contribution in [0.25, 0.3) is 0 Å². The van der Waals surface area contributed by atoms with Crippen LogP contribution in [-0.4, -0.2) is 20.5 Å². The van der Waals surface area contributed by atoms with E-state index in [2.05, 4.69) is 10.6 Å². The highest BCUT2D eigenvalue weighted by molar-refractivity contribution is 7.90. The van der Waals surface area contributed by atoms with Crippen LogP contribution >= 0.6 is 0 Å². The number of hydrogen-bond acceptors (Lipinski definition) is 5. The first kappa shape index (κ1) is 20.9. The zero-order valence-corrected chi connectivity index (χ0v) is 16.8. The Hall–Kier alpha value is -3.85. The van der Waals surface area contributed by atoms with E-state index in [1.54, 1.807) is 36.4 Å². The average Bonchev–Trinajstić information content (AvgIpc) is 2.70. The fourth-order valence-electron chi connectivity index (χ4n) is 2.44. The van der Waals surface area contributed by atoms with Gasteiger partial charge in [0.25, 0.3) is 10.0 Å². The van der Waals surface area contributed by atoms with Gasteiger partial charge in [0.05, 0.1) is 4.90 Å². The van der Waals surface area contributed by atoms with Crippen LogP contribution in [0.4, 0.5) is 21.0 Å². The molecule has 3 aromatic carbocycles. The van der Waals surface area contributed by atoms with Crippen molar-refractivity contribution >= 4 is 33.5 Å². The molecule has 0 aliphatic carbocycles. The summed E-state index contributed by atoms with van der Waals surface area (Å²) < 4.78 is 31.2. The number of urea groups is 1. The minimum Gasteiger partial charge on any atom is -0.410 e. The molecule has 0 saturated carbocycles. The predicted molar refractivity (Wildman–Crippen MR) is 113 cm³/mol. The molecule has 9 heteroatoms. The van der Waals surface area contributed by atoms with Crippen molar-refractivity contribution in [2.24, 2.45) is 0 Å². The molecule has 0 spiro atoms. The predicted octanol–water partition coefficient (Wildman–Crippen LogP) is 4.12. The van der Waals surface area contributed by atoms with Gasteiger partial charge in [0.15, 0.2) is 0 Å². The van der Waals surface area contributed by atoms with E-state index in [1.807, 2.05) is 17.7 Å². The second-order valence-corrected chi connectivity index (χ2v) is 7.96. The molecule has 0 heterocycles. The Kier molecular flexibility index (Phi) is 6.33. The molecular weight excluding hydrogens is 406 g/mol. The van der Waals surface area contributed by atoms with Crippen LogP contribution < -0.4 is 20.1 Å². The second kappa shape index (κ2) is 9.10. The SMILES string of the molecule is Cc1ccc(S(=O)(=O)NC(=O)Oc2ccc(NC(=O)Nc3ccccc3)cc2)cc1. The zero-order valence-electron chi connectivity index (χ0n) is 16.0. The molecule has 154 valence electrons. The van der Waals surface area contributed by atoms with Crippen molar-refractivity contribution in [2.75, 3.05) is 10.6 Å². The molecule has 0 unspecified atom stereocenters.